The van der Waals surface area contributed by atoms with Crippen LogP contribution in [-0.4, -0.2) is 14.5 Å². The summed E-state index contributed by atoms with van der Waals surface area (Å²) in [7, 11) is 1.96. The number of rotatable bonds is 3. The lowest BCUT2D eigenvalue weighted by atomic mass is 10.2. The molecule has 2 aromatic carbocycles. The van der Waals surface area contributed by atoms with Crippen LogP contribution in [0.1, 0.15) is 11.4 Å². The zero-order chi connectivity index (χ0) is 14.8. The largest absolute Gasteiger partial charge is 0.328 e. The molecule has 1 heterocycles. The Morgan fingerprint density at radius 2 is 1.81 bits per heavy atom. The molecule has 5 nitrogen and oxygen atoms in total. The van der Waals surface area contributed by atoms with Crippen molar-refractivity contribution < 1.29 is 4.92 Å². The molecule has 3 aromatic rings. The van der Waals surface area contributed by atoms with Crippen molar-refractivity contribution in [3.8, 4) is 0 Å². The first-order valence-electron chi connectivity index (χ1n) is 6.49. The van der Waals surface area contributed by atoms with Crippen molar-refractivity contribution in [3.05, 3.63) is 70.0 Å². The van der Waals surface area contributed by atoms with Crippen molar-refractivity contribution in [2.45, 2.75) is 0 Å². The fourth-order valence-electron chi connectivity index (χ4n) is 2.19. The van der Waals surface area contributed by atoms with E-state index >= 15 is 0 Å². The maximum Gasteiger partial charge on any atom is 0.269 e. The van der Waals surface area contributed by atoms with Gasteiger partial charge in [-0.05, 0) is 35.9 Å². The normalized spacial score (nSPS) is 11.3. The van der Waals surface area contributed by atoms with Crippen molar-refractivity contribution in [3.63, 3.8) is 0 Å². The van der Waals surface area contributed by atoms with Crippen LogP contribution in [-0.2, 0) is 7.05 Å². The van der Waals surface area contributed by atoms with E-state index < -0.39 is 4.92 Å². The molecule has 0 aliphatic rings. The average molecular weight is 279 g/mol. The summed E-state index contributed by atoms with van der Waals surface area (Å²) in [5.41, 5.74) is 3.01. The van der Waals surface area contributed by atoms with Gasteiger partial charge in [-0.25, -0.2) is 4.98 Å². The van der Waals surface area contributed by atoms with E-state index in [2.05, 4.69) is 4.98 Å². The summed E-state index contributed by atoms with van der Waals surface area (Å²) < 4.78 is 2.01. The molecule has 0 N–H and O–H groups in total. The molecule has 21 heavy (non-hydrogen) atoms. The highest BCUT2D eigenvalue weighted by molar-refractivity contribution is 5.79. The fraction of sp³-hybridized carbons (Fsp3) is 0.0625. The molecule has 1 aromatic heterocycles. The van der Waals surface area contributed by atoms with Gasteiger partial charge in [0.25, 0.3) is 5.69 Å². The summed E-state index contributed by atoms with van der Waals surface area (Å²) in [6.07, 6.45) is 3.80. The van der Waals surface area contributed by atoms with Gasteiger partial charge in [-0.3, -0.25) is 10.1 Å². The van der Waals surface area contributed by atoms with Crippen LogP contribution in [0.2, 0.25) is 0 Å². The van der Waals surface area contributed by atoms with Crippen LogP contribution in [0.3, 0.4) is 0 Å². The Morgan fingerprint density at radius 3 is 2.48 bits per heavy atom. The number of nitrogens with zero attached hydrogens (tertiary/aromatic N) is 3. The van der Waals surface area contributed by atoms with Gasteiger partial charge in [-0.15, -0.1) is 0 Å². The summed E-state index contributed by atoms with van der Waals surface area (Å²) in [6.45, 7) is 0. The number of fused-ring (bicyclic) bond motifs is 1. The molecular weight excluding hydrogens is 266 g/mol. The summed E-state index contributed by atoms with van der Waals surface area (Å²) in [6, 6.07) is 14.4. The number of aromatic nitrogens is 2. The molecule has 0 atom stereocenters. The number of hydrogen-bond acceptors (Lipinski definition) is 3. The minimum Gasteiger partial charge on any atom is -0.328 e. The van der Waals surface area contributed by atoms with Gasteiger partial charge in [0.2, 0.25) is 0 Å². The molecular formula is C16H13N3O2. The van der Waals surface area contributed by atoms with Crippen molar-refractivity contribution in [1.29, 1.82) is 0 Å². The number of non-ortho nitro benzene ring substituents is 1. The SMILES string of the molecule is Cn1c(/C=C/c2ccc([N+](=O)[O-])cc2)nc2ccccc21. The first-order valence-corrected chi connectivity index (χ1v) is 6.49. The number of benzene rings is 2. The van der Waals surface area contributed by atoms with Gasteiger partial charge in [-0.1, -0.05) is 18.2 Å². The monoisotopic (exact) mass is 279 g/mol. The van der Waals surface area contributed by atoms with Crippen molar-refractivity contribution >= 4 is 28.9 Å². The molecule has 0 bridgehead atoms. The second-order valence-electron chi connectivity index (χ2n) is 4.70. The maximum atomic E-state index is 10.6. The second kappa shape index (κ2) is 5.20. The molecule has 0 amide bonds. The lowest BCUT2D eigenvalue weighted by molar-refractivity contribution is -0.384. The van der Waals surface area contributed by atoms with Crippen LogP contribution in [0.4, 0.5) is 5.69 Å². The number of imidazole rings is 1. The maximum absolute atomic E-state index is 10.6. The van der Waals surface area contributed by atoms with E-state index in [1.165, 1.54) is 12.1 Å². The van der Waals surface area contributed by atoms with E-state index in [9.17, 15) is 10.1 Å². The summed E-state index contributed by atoms with van der Waals surface area (Å²) in [5, 5.41) is 10.6. The van der Waals surface area contributed by atoms with E-state index in [0.29, 0.717) is 0 Å². The van der Waals surface area contributed by atoms with Crippen molar-refractivity contribution in [2.24, 2.45) is 7.05 Å². The van der Waals surface area contributed by atoms with Crippen LogP contribution in [0.25, 0.3) is 23.2 Å². The number of aryl methyl sites for hydroxylation is 1. The van der Waals surface area contributed by atoms with E-state index in [1.807, 2.05) is 48.0 Å². The smallest absolute Gasteiger partial charge is 0.269 e. The second-order valence-corrected chi connectivity index (χ2v) is 4.70. The number of para-hydroxylation sites is 2. The van der Waals surface area contributed by atoms with E-state index in [0.717, 1.165) is 22.4 Å². The molecule has 0 saturated carbocycles. The zero-order valence-electron chi connectivity index (χ0n) is 11.4. The summed E-state index contributed by atoms with van der Waals surface area (Å²) >= 11 is 0. The van der Waals surface area contributed by atoms with Crippen LogP contribution in [0.15, 0.2) is 48.5 Å². The zero-order valence-corrected chi connectivity index (χ0v) is 11.4. The van der Waals surface area contributed by atoms with Gasteiger partial charge in [0.05, 0.1) is 16.0 Å². The highest BCUT2D eigenvalue weighted by Gasteiger charge is 2.04. The van der Waals surface area contributed by atoms with E-state index in [1.54, 1.807) is 12.1 Å². The van der Waals surface area contributed by atoms with Gasteiger partial charge in [0.15, 0.2) is 0 Å². The average Bonchev–Trinajstić information content (AvgIpc) is 2.82. The lowest BCUT2D eigenvalue weighted by Gasteiger charge is -1.97. The third-order valence-electron chi connectivity index (χ3n) is 3.35. The topological polar surface area (TPSA) is 61.0 Å². The van der Waals surface area contributed by atoms with Crippen LogP contribution in [0, 0.1) is 10.1 Å². The molecule has 0 unspecified atom stereocenters. The molecule has 0 saturated heterocycles. The molecule has 5 heteroatoms. The molecule has 0 spiro atoms. The van der Waals surface area contributed by atoms with Crippen LogP contribution >= 0.6 is 0 Å². The lowest BCUT2D eigenvalue weighted by Crippen LogP contribution is -1.90. The molecule has 0 aliphatic carbocycles. The molecule has 104 valence electrons. The van der Waals surface area contributed by atoms with Gasteiger partial charge in [0, 0.05) is 19.2 Å². The Morgan fingerprint density at radius 1 is 1.10 bits per heavy atom. The molecule has 0 aliphatic heterocycles. The quantitative estimate of drug-likeness (QED) is 0.543. The standard InChI is InChI=1S/C16H13N3O2/c1-18-15-5-3-2-4-14(15)17-16(18)11-8-12-6-9-13(10-7-12)19(20)21/h2-11H,1H3/b11-8+. The van der Waals surface area contributed by atoms with Gasteiger partial charge >= 0.3 is 0 Å². The Labute approximate surface area is 121 Å². The Bertz CT molecular complexity index is 832. The van der Waals surface area contributed by atoms with Crippen molar-refractivity contribution in [2.75, 3.05) is 0 Å². The van der Waals surface area contributed by atoms with Crippen LogP contribution < -0.4 is 0 Å². The van der Waals surface area contributed by atoms with Crippen molar-refractivity contribution in [1.82, 2.24) is 9.55 Å². The first-order chi connectivity index (χ1) is 10.1. The number of nitro groups is 1. The molecule has 0 fully saturated rings. The summed E-state index contributed by atoms with van der Waals surface area (Å²) in [4.78, 5) is 14.7. The first kappa shape index (κ1) is 13.1. The van der Waals surface area contributed by atoms with Gasteiger partial charge < -0.3 is 4.57 Å². The van der Waals surface area contributed by atoms with Gasteiger partial charge in [0.1, 0.15) is 5.82 Å². The molecule has 3 rings (SSSR count). The van der Waals surface area contributed by atoms with E-state index in [-0.39, 0.29) is 5.69 Å². The third kappa shape index (κ3) is 2.53. The van der Waals surface area contributed by atoms with Crippen LogP contribution in [0.5, 0.6) is 0 Å². The Kier molecular flexibility index (Phi) is 3.23. The van der Waals surface area contributed by atoms with E-state index in [4.69, 9.17) is 0 Å². The highest BCUT2D eigenvalue weighted by Crippen LogP contribution is 2.17. The summed E-state index contributed by atoms with van der Waals surface area (Å²) in [5.74, 6) is 0.842. The minimum atomic E-state index is -0.404. The molecule has 0 radical (unpaired) electrons. The Balaban J connectivity index is 1.90. The number of hydrogen-bond donors (Lipinski definition) is 0. The fourth-order valence-corrected chi connectivity index (χ4v) is 2.19. The number of nitro benzene ring substituents is 1. The van der Waals surface area contributed by atoms with Gasteiger partial charge in [-0.2, -0.15) is 0 Å². The Hall–Kier alpha value is -2.95. The minimum absolute atomic E-state index is 0.0925. The highest BCUT2D eigenvalue weighted by atomic mass is 16.6. The predicted octanol–water partition coefficient (Wildman–Crippen LogP) is 3.65. The third-order valence-corrected chi connectivity index (χ3v) is 3.35. The predicted molar refractivity (Wildman–Crippen MR) is 82.7 cm³/mol.